The van der Waals surface area contributed by atoms with E-state index in [9.17, 15) is 8.42 Å². The standard InChI is InChI=1S/C11H14O4S/c1-2-14-8-9-15-16(12,13)10-11-6-4-3-5-7-11/h2-7H,1,8-10H2. The Balaban J connectivity index is 2.43. The van der Waals surface area contributed by atoms with E-state index in [-0.39, 0.29) is 19.0 Å². The highest BCUT2D eigenvalue weighted by molar-refractivity contribution is 7.85. The van der Waals surface area contributed by atoms with Crippen LogP contribution in [0.1, 0.15) is 5.56 Å². The molecule has 0 amide bonds. The molecule has 88 valence electrons. The zero-order valence-electron chi connectivity index (χ0n) is 8.83. The molecule has 0 saturated heterocycles. The first-order chi connectivity index (χ1) is 7.64. The summed E-state index contributed by atoms with van der Waals surface area (Å²) in [6, 6.07) is 8.87. The average molecular weight is 242 g/mol. The van der Waals surface area contributed by atoms with E-state index in [0.29, 0.717) is 5.56 Å². The topological polar surface area (TPSA) is 52.6 Å². The van der Waals surface area contributed by atoms with E-state index in [1.54, 1.807) is 24.3 Å². The summed E-state index contributed by atoms with van der Waals surface area (Å²) >= 11 is 0. The molecular weight excluding hydrogens is 228 g/mol. The van der Waals surface area contributed by atoms with Crippen LogP contribution in [0, 0.1) is 0 Å². The first-order valence-corrected chi connectivity index (χ1v) is 6.35. The predicted molar refractivity (Wildman–Crippen MR) is 61.2 cm³/mol. The van der Waals surface area contributed by atoms with Gasteiger partial charge in [0.2, 0.25) is 0 Å². The fraction of sp³-hybridized carbons (Fsp3) is 0.273. The number of ether oxygens (including phenoxy) is 1. The van der Waals surface area contributed by atoms with E-state index < -0.39 is 10.1 Å². The lowest BCUT2D eigenvalue weighted by Gasteiger charge is -2.05. The molecule has 0 heterocycles. The van der Waals surface area contributed by atoms with Gasteiger partial charge in [0.05, 0.1) is 6.26 Å². The van der Waals surface area contributed by atoms with Gasteiger partial charge < -0.3 is 4.74 Å². The first-order valence-electron chi connectivity index (χ1n) is 4.77. The molecule has 0 spiro atoms. The summed E-state index contributed by atoms with van der Waals surface area (Å²) in [7, 11) is -3.53. The van der Waals surface area contributed by atoms with Gasteiger partial charge in [-0.05, 0) is 5.56 Å². The summed E-state index contributed by atoms with van der Waals surface area (Å²) in [6.07, 6.45) is 1.24. The van der Waals surface area contributed by atoms with Crippen LogP contribution >= 0.6 is 0 Å². The zero-order chi connectivity index (χ0) is 11.9. The van der Waals surface area contributed by atoms with Gasteiger partial charge in [0, 0.05) is 0 Å². The molecule has 0 saturated carbocycles. The van der Waals surface area contributed by atoms with Crippen LogP contribution in [-0.2, 0) is 24.8 Å². The maximum atomic E-state index is 11.5. The molecule has 0 aliphatic heterocycles. The van der Waals surface area contributed by atoms with Crippen molar-refractivity contribution in [1.82, 2.24) is 0 Å². The monoisotopic (exact) mass is 242 g/mol. The Bertz CT molecular complexity index is 411. The lowest BCUT2D eigenvalue weighted by atomic mass is 10.2. The smallest absolute Gasteiger partial charge is 0.271 e. The maximum absolute atomic E-state index is 11.5. The molecule has 0 radical (unpaired) electrons. The molecule has 4 nitrogen and oxygen atoms in total. The highest BCUT2D eigenvalue weighted by Crippen LogP contribution is 2.06. The highest BCUT2D eigenvalue weighted by Gasteiger charge is 2.11. The van der Waals surface area contributed by atoms with Crippen molar-refractivity contribution in [2.45, 2.75) is 5.75 Å². The minimum absolute atomic E-state index is 0.00118. The molecule has 0 aromatic heterocycles. The number of hydrogen-bond acceptors (Lipinski definition) is 4. The lowest BCUT2D eigenvalue weighted by molar-refractivity contribution is 0.183. The molecule has 16 heavy (non-hydrogen) atoms. The molecule has 5 heteroatoms. The molecule has 1 rings (SSSR count). The van der Waals surface area contributed by atoms with Crippen molar-refractivity contribution in [1.29, 1.82) is 0 Å². The molecule has 0 unspecified atom stereocenters. The van der Waals surface area contributed by atoms with Crippen molar-refractivity contribution >= 4 is 10.1 Å². The van der Waals surface area contributed by atoms with E-state index in [1.807, 2.05) is 6.07 Å². The van der Waals surface area contributed by atoms with Crippen molar-refractivity contribution < 1.29 is 17.3 Å². The van der Waals surface area contributed by atoms with Gasteiger partial charge in [-0.25, -0.2) is 0 Å². The van der Waals surface area contributed by atoms with Crippen LogP contribution in [0.3, 0.4) is 0 Å². The normalized spacial score (nSPS) is 11.0. The predicted octanol–water partition coefficient (Wildman–Crippen LogP) is 1.69. The van der Waals surface area contributed by atoms with Gasteiger partial charge in [-0.3, -0.25) is 4.18 Å². The third-order valence-electron chi connectivity index (χ3n) is 1.77. The summed E-state index contributed by atoms with van der Waals surface area (Å²) in [5.41, 5.74) is 0.701. The molecule has 0 bridgehead atoms. The summed E-state index contributed by atoms with van der Waals surface area (Å²) in [5, 5.41) is 0. The van der Waals surface area contributed by atoms with Gasteiger partial charge in [-0.15, -0.1) is 0 Å². The van der Waals surface area contributed by atoms with E-state index in [1.165, 1.54) is 6.26 Å². The molecule has 1 aromatic rings. The Morgan fingerprint density at radius 1 is 1.19 bits per heavy atom. The van der Waals surface area contributed by atoms with Crippen LogP contribution in [0.2, 0.25) is 0 Å². The van der Waals surface area contributed by atoms with Gasteiger partial charge in [0.15, 0.2) is 0 Å². The quantitative estimate of drug-likeness (QED) is 0.415. The summed E-state index contributed by atoms with van der Waals surface area (Å²) in [5.74, 6) is -0.123. The van der Waals surface area contributed by atoms with Gasteiger partial charge in [0.25, 0.3) is 10.1 Å². The Morgan fingerprint density at radius 3 is 2.50 bits per heavy atom. The van der Waals surface area contributed by atoms with Gasteiger partial charge in [0.1, 0.15) is 19.0 Å². The molecular formula is C11H14O4S. The van der Waals surface area contributed by atoms with Gasteiger partial charge in [-0.1, -0.05) is 36.9 Å². The third-order valence-corrected chi connectivity index (χ3v) is 2.98. The minimum atomic E-state index is -3.53. The Kier molecular flexibility index (Phi) is 5.01. The summed E-state index contributed by atoms with van der Waals surface area (Å²) in [6.45, 7) is 3.51. The van der Waals surface area contributed by atoms with Gasteiger partial charge >= 0.3 is 0 Å². The number of benzene rings is 1. The fourth-order valence-electron chi connectivity index (χ4n) is 1.11. The Labute approximate surface area is 95.6 Å². The van der Waals surface area contributed by atoms with Gasteiger partial charge in [-0.2, -0.15) is 8.42 Å². The Morgan fingerprint density at radius 2 is 1.88 bits per heavy atom. The van der Waals surface area contributed by atoms with Crippen molar-refractivity contribution in [3.05, 3.63) is 48.7 Å². The molecule has 0 fully saturated rings. The minimum Gasteiger partial charge on any atom is -0.499 e. The van der Waals surface area contributed by atoms with Crippen LogP contribution in [0.15, 0.2) is 43.2 Å². The summed E-state index contributed by atoms with van der Waals surface area (Å²) < 4.78 is 32.4. The van der Waals surface area contributed by atoms with Crippen LogP contribution < -0.4 is 0 Å². The molecule has 0 atom stereocenters. The zero-order valence-corrected chi connectivity index (χ0v) is 9.65. The van der Waals surface area contributed by atoms with E-state index in [4.69, 9.17) is 8.92 Å². The highest BCUT2D eigenvalue weighted by atomic mass is 32.2. The van der Waals surface area contributed by atoms with Crippen molar-refractivity contribution in [3.8, 4) is 0 Å². The SMILES string of the molecule is C=COCCOS(=O)(=O)Cc1ccccc1. The lowest BCUT2D eigenvalue weighted by Crippen LogP contribution is -2.12. The van der Waals surface area contributed by atoms with Crippen LogP contribution in [0.5, 0.6) is 0 Å². The van der Waals surface area contributed by atoms with E-state index in [2.05, 4.69) is 6.58 Å². The molecule has 0 aliphatic carbocycles. The van der Waals surface area contributed by atoms with Crippen LogP contribution in [0.25, 0.3) is 0 Å². The fourth-order valence-corrected chi connectivity index (χ4v) is 2.12. The molecule has 1 aromatic carbocycles. The second-order valence-electron chi connectivity index (χ2n) is 3.05. The second kappa shape index (κ2) is 6.30. The molecule has 0 aliphatic rings. The first kappa shape index (κ1) is 12.7. The average Bonchev–Trinajstić information content (AvgIpc) is 2.25. The third kappa shape index (κ3) is 4.95. The van der Waals surface area contributed by atoms with E-state index >= 15 is 0 Å². The van der Waals surface area contributed by atoms with Crippen molar-refractivity contribution in [2.24, 2.45) is 0 Å². The number of rotatable bonds is 7. The summed E-state index contributed by atoms with van der Waals surface area (Å²) in [4.78, 5) is 0. The van der Waals surface area contributed by atoms with Crippen molar-refractivity contribution in [3.63, 3.8) is 0 Å². The van der Waals surface area contributed by atoms with Crippen LogP contribution in [0.4, 0.5) is 0 Å². The van der Waals surface area contributed by atoms with Crippen molar-refractivity contribution in [2.75, 3.05) is 13.2 Å². The number of hydrogen-bond donors (Lipinski definition) is 0. The second-order valence-corrected chi connectivity index (χ2v) is 4.69. The maximum Gasteiger partial charge on any atom is 0.271 e. The van der Waals surface area contributed by atoms with Crippen LogP contribution in [-0.4, -0.2) is 21.6 Å². The van der Waals surface area contributed by atoms with E-state index in [0.717, 1.165) is 0 Å². The Hall–Kier alpha value is -1.33. The largest absolute Gasteiger partial charge is 0.499 e. The molecule has 0 N–H and O–H groups in total.